The first-order valence-electron chi connectivity index (χ1n) is 14.5. The number of ether oxygens (including phenoxy) is 3. The van der Waals surface area contributed by atoms with Crippen LogP contribution in [0.1, 0.15) is 100 Å². The topological polar surface area (TPSA) is 47.9 Å². The fraction of sp³-hybridized carbons (Fsp3) is 0.529. The van der Waals surface area contributed by atoms with E-state index in [-0.39, 0.29) is 12.4 Å². The van der Waals surface area contributed by atoms with Crippen LogP contribution in [0.5, 0.6) is 5.75 Å². The minimum absolute atomic E-state index is 0.0805. The number of aliphatic hydroxyl groups excluding tert-OH is 1. The molecule has 2 unspecified atom stereocenters. The first-order valence-corrected chi connectivity index (χ1v) is 14.5. The average Bonchev–Trinajstić information content (AvgIpc) is 2.95. The van der Waals surface area contributed by atoms with Gasteiger partial charge in [-0.15, -0.1) is 12.5 Å². The molecule has 38 heavy (non-hydrogen) atoms. The minimum atomic E-state index is -0.875. The molecule has 3 rings (SSSR count). The lowest BCUT2D eigenvalue weighted by atomic mass is 9.98. The normalized spacial score (nSPS) is 16.7. The van der Waals surface area contributed by atoms with Gasteiger partial charge in [0.1, 0.15) is 18.5 Å². The Balaban J connectivity index is 1.58. The van der Waals surface area contributed by atoms with Crippen LogP contribution in [0, 0.1) is 11.8 Å². The van der Waals surface area contributed by atoms with Crippen molar-refractivity contribution in [1.29, 1.82) is 0 Å². The Morgan fingerprint density at radius 1 is 1.05 bits per heavy atom. The number of allylic oxidation sites excluding steroid dienone is 1. The highest BCUT2D eigenvalue weighted by molar-refractivity contribution is 5.44. The molecule has 0 spiro atoms. The molecule has 4 heteroatoms. The van der Waals surface area contributed by atoms with Crippen LogP contribution in [0.2, 0.25) is 0 Å². The predicted molar refractivity (Wildman–Crippen MR) is 155 cm³/mol. The van der Waals surface area contributed by atoms with Gasteiger partial charge in [-0.1, -0.05) is 93.5 Å². The van der Waals surface area contributed by atoms with Gasteiger partial charge in [0.05, 0.1) is 6.10 Å². The monoisotopic (exact) mass is 518 g/mol. The van der Waals surface area contributed by atoms with E-state index in [1.165, 1.54) is 38.5 Å². The Labute approximate surface area is 230 Å². The van der Waals surface area contributed by atoms with E-state index in [0.29, 0.717) is 19.4 Å². The number of unbranched alkanes of at least 4 members (excludes halogenated alkanes) is 4. The summed E-state index contributed by atoms with van der Waals surface area (Å²) in [5.74, 6) is 7.05. The fourth-order valence-corrected chi connectivity index (χ4v) is 4.84. The molecule has 4 nitrogen and oxygen atoms in total. The van der Waals surface area contributed by atoms with E-state index >= 15 is 0 Å². The molecule has 2 aromatic carbocycles. The molecular weight excluding hydrogens is 472 g/mol. The smallest absolute Gasteiger partial charge is 0.157 e. The van der Waals surface area contributed by atoms with Gasteiger partial charge in [0, 0.05) is 18.6 Å². The summed E-state index contributed by atoms with van der Waals surface area (Å²) in [6, 6.07) is 15.9. The van der Waals surface area contributed by atoms with Gasteiger partial charge in [-0.2, -0.15) is 0 Å². The van der Waals surface area contributed by atoms with Gasteiger partial charge in [-0.3, -0.25) is 0 Å². The van der Waals surface area contributed by atoms with Crippen molar-refractivity contribution in [3.63, 3.8) is 0 Å². The zero-order chi connectivity index (χ0) is 26.8. The maximum atomic E-state index is 11.0. The first-order chi connectivity index (χ1) is 18.7. The Morgan fingerprint density at radius 2 is 1.89 bits per heavy atom. The molecule has 1 heterocycles. The van der Waals surface area contributed by atoms with Crippen molar-refractivity contribution >= 4 is 0 Å². The van der Waals surface area contributed by atoms with E-state index in [0.717, 1.165) is 54.7 Å². The number of hydrogen-bond donors (Lipinski definition) is 1. The van der Waals surface area contributed by atoms with Crippen molar-refractivity contribution in [2.75, 3.05) is 6.61 Å². The maximum Gasteiger partial charge on any atom is 0.157 e. The molecule has 2 aromatic rings. The highest BCUT2D eigenvalue weighted by Crippen LogP contribution is 2.29. The lowest BCUT2D eigenvalue weighted by molar-refractivity contribution is -0.190. The molecule has 0 amide bonds. The van der Waals surface area contributed by atoms with Gasteiger partial charge in [0.15, 0.2) is 6.29 Å². The van der Waals surface area contributed by atoms with Crippen molar-refractivity contribution in [3.05, 3.63) is 77.9 Å². The molecule has 0 radical (unpaired) electrons. The van der Waals surface area contributed by atoms with Gasteiger partial charge < -0.3 is 19.3 Å². The summed E-state index contributed by atoms with van der Waals surface area (Å²) in [6.45, 7) is 7.41. The SMILES string of the molecule is C=CCc1c(OCc2ccccc2)cccc1C(O)C#CCC[C@H](CCCCCCC)OC1CCCCO1. The second-order valence-corrected chi connectivity index (χ2v) is 10.1. The Kier molecular flexibility index (Phi) is 14.1. The maximum absolute atomic E-state index is 11.0. The Bertz CT molecular complexity index is 985. The zero-order valence-corrected chi connectivity index (χ0v) is 23.2. The lowest BCUT2D eigenvalue weighted by Gasteiger charge is -2.27. The first kappa shape index (κ1) is 30.0. The molecule has 3 atom stereocenters. The van der Waals surface area contributed by atoms with Crippen molar-refractivity contribution in [2.45, 2.75) is 109 Å². The average molecular weight is 519 g/mol. The molecule has 1 N–H and O–H groups in total. The molecule has 1 saturated heterocycles. The molecule has 1 fully saturated rings. The summed E-state index contributed by atoms with van der Waals surface area (Å²) >= 11 is 0. The van der Waals surface area contributed by atoms with Crippen LogP contribution < -0.4 is 4.74 Å². The zero-order valence-electron chi connectivity index (χ0n) is 23.2. The van der Waals surface area contributed by atoms with E-state index in [2.05, 4.69) is 25.3 Å². The molecule has 0 bridgehead atoms. The van der Waals surface area contributed by atoms with Gasteiger partial charge in [-0.05, 0) is 55.7 Å². The van der Waals surface area contributed by atoms with Crippen molar-refractivity contribution in [3.8, 4) is 17.6 Å². The summed E-state index contributed by atoms with van der Waals surface area (Å²) in [7, 11) is 0. The summed E-state index contributed by atoms with van der Waals surface area (Å²) in [4.78, 5) is 0. The second kappa shape index (κ2) is 17.8. The minimum Gasteiger partial charge on any atom is -0.489 e. The summed E-state index contributed by atoms with van der Waals surface area (Å²) in [5, 5.41) is 11.0. The van der Waals surface area contributed by atoms with Gasteiger partial charge >= 0.3 is 0 Å². The Hall–Kier alpha value is -2.58. The predicted octanol–water partition coefficient (Wildman–Crippen LogP) is 8.08. The third kappa shape index (κ3) is 10.7. The van der Waals surface area contributed by atoms with E-state index in [1.54, 1.807) is 0 Å². The van der Waals surface area contributed by atoms with Crippen LogP contribution in [-0.2, 0) is 22.5 Å². The largest absolute Gasteiger partial charge is 0.489 e. The highest BCUT2D eigenvalue weighted by atomic mass is 16.7. The quantitative estimate of drug-likeness (QED) is 0.139. The summed E-state index contributed by atoms with van der Waals surface area (Å²) in [6.07, 6.45) is 13.7. The molecule has 0 aliphatic carbocycles. The number of hydrogen-bond acceptors (Lipinski definition) is 4. The highest BCUT2D eigenvalue weighted by Gasteiger charge is 2.19. The molecule has 1 aliphatic rings. The van der Waals surface area contributed by atoms with Crippen LogP contribution in [0.4, 0.5) is 0 Å². The molecule has 1 aliphatic heterocycles. The number of benzene rings is 2. The standard InChI is InChI=1S/C34H46O4/c1-3-5-6-7-11-20-29(38-34-25-14-15-26-36-34)21-12-13-23-32(35)30-22-16-24-33(31(30)17-4-2)37-27-28-18-9-8-10-19-28/h4,8-10,16,18-19,22,24,29,32,34-35H,2-3,5-7,11-12,14-15,17,20-21,25-27H2,1H3/t29-,32?,34?/m0/s1. The van der Waals surface area contributed by atoms with Crippen molar-refractivity contribution in [2.24, 2.45) is 0 Å². The third-order valence-electron chi connectivity index (χ3n) is 6.99. The van der Waals surface area contributed by atoms with Gasteiger partial charge in [-0.25, -0.2) is 0 Å². The van der Waals surface area contributed by atoms with Crippen LogP contribution in [0.15, 0.2) is 61.2 Å². The molecular formula is C34H46O4. The van der Waals surface area contributed by atoms with E-state index < -0.39 is 6.10 Å². The molecule has 206 valence electrons. The van der Waals surface area contributed by atoms with E-state index in [4.69, 9.17) is 14.2 Å². The van der Waals surface area contributed by atoms with Gasteiger partial charge in [0.25, 0.3) is 0 Å². The van der Waals surface area contributed by atoms with Crippen LogP contribution in [0.3, 0.4) is 0 Å². The van der Waals surface area contributed by atoms with Crippen LogP contribution in [-0.4, -0.2) is 24.1 Å². The summed E-state index contributed by atoms with van der Waals surface area (Å²) in [5.41, 5.74) is 2.81. The van der Waals surface area contributed by atoms with Crippen molar-refractivity contribution in [1.82, 2.24) is 0 Å². The van der Waals surface area contributed by atoms with Crippen molar-refractivity contribution < 1.29 is 19.3 Å². The Morgan fingerprint density at radius 3 is 2.66 bits per heavy atom. The van der Waals surface area contributed by atoms with Gasteiger partial charge in [0.2, 0.25) is 0 Å². The summed E-state index contributed by atoms with van der Waals surface area (Å²) < 4.78 is 18.3. The second-order valence-electron chi connectivity index (χ2n) is 10.1. The third-order valence-corrected chi connectivity index (χ3v) is 6.99. The van der Waals surface area contributed by atoms with Crippen LogP contribution in [0.25, 0.3) is 0 Å². The number of aliphatic hydroxyl groups is 1. The van der Waals surface area contributed by atoms with E-state index in [9.17, 15) is 5.11 Å². The number of rotatable bonds is 16. The molecule has 0 aromatic heterocycles. The fourth-order valence-electron chi connectivity index (χ4n) is 4.84. The van der Waals surface area contributed by atoms with Crippen LogP contribution >= 0.6 is 0 Å². The molecule has 0 saturated carbocycles. The lowest BCUT2D eigenvalue weighted by Crippen LogP contribution is -2.28. The van der Waals surface area contributed by atoms with E-state index in [1.807, 2.05) is 54.6 Å².